The molecule has 2 aromatic heterocycles. The standard InChI is InChI=1S/C60H44N2O/c1-59(2)48-24-14-11-21-42(48)44-30-27-38(34-50(44)59)37-28-32-52-47(33-37)56-53(62(52)40-19-9-6-10-20-40)36-55-57(46-23-13-16-26-54(46)63-55)58(56)61(39-17-7-5-8-18-39)41-29-31-45-43-22-12-15-25-49(43)60(3,4)51(45)35-41/h5-36H,1-4H3. The minimum atomic E-state index is -0.169. The molecule has 0 fully saturated rings. The van der Waals surface area contributed by atoms with Gasteiger partial charge in [-0.15, -0.1) is 0 Å². The molecule has 13 rings (SSSR count). The molecule has 0 saturated carbocycles. The summed E-state index contributed by atoms with van der Waals surface area (Å²) in [6.07, 6.45) is 0. The van der Waals surface area contributed by atoms with E-state index in [1.807, 2.05) is 0 Å². The molecule has 0 N–H and O–H groups in total. The summed E-state index contributed by atoms with van der Waals surface area (Å²) in [5, 5.41) is 4.55. The van der Waals surface area contributed by atoms with Crippen molar-refractivity contribution in [1.29, 1.82) is 0 Å². The Morgan fingerprint density at radius 2 is 0.968 bits per heavy atom. The van der Waals surface area contributed by atoms with Gasteiger partial charge in [0.2, 0.25) is 0 Å². The molecule has 0 atom stereocenters. The molecule has 63 heavy (non-hydrogen) atoms. The van der Waals surface area contributed by atoms with Crippen LogP contribution in [0, 0.1) is 0 Å². The molecule has 0 saturated heterocycles. The number of hydrogen-bond donors (Lipinski definition) is 0. The Morgan fingerprint density at radius 1 is 0.397 bits per heavy atom. The molecule has 0 radical (unpaired) electrons. The maximum absolute atomic E-state index is 6.90. The van der Waals surface area contributed by atoms with Crippen LogP contribution in [-0.4, -0.2) is 4.57 Å². The summed E-state index contributed by atoms with van der Waals surface area (Å²) in [7, 11) is 0. The van der Waals surface area contributed by atoms with Gasteiger partial charge in [0.05, 0.1) is 22.1 Å². The number of rotatable bonds is 5. The van der Waals surface area contributed by atoms with Gasteiger partial charge < -0.3 is 13.9 Å². The highest BCUT2D eigenvalue weighted by atomic mass is 16.3. The van der Waals surface area contributed by atoms with Crippen molar-refractivity contribution >= 4 is 60.8 Å². The highest BCUT2D eigenvalue weighted by Gasteiger charge is 2.37. The summed E-state index contributed by atoms with van der Waals surface area (Å²) in [6.45, 7) is 9.46. The monoisotopic (exact) mass is 808 g/mol. The number of nitrogens with zero attached hydrogens (tertiary/aromatic N) is 2. The Morgan fingerprint density at radius 3 is 1.70 bits per heavy atom. The Kier molecular flexibility index (Phi) is 7.42. The largest absolute Gasteiger partial charge is 0.456 e. The number of hydrogen-bond acceptors (Lipinski definition) is 2. The van der Waals surface area contributed by atoms with E-state index in [9.17, 15) is 0 Å². The van der Waals surface area contributed by atoms with Crippen LogP contribution in [0.15, 0.2) is 199 Å². The quantitative estimate of drug-likeness (QED) is 0.173. The molecule has 2 aliphatic rings. The fourth-order valence-corrected chi connectivity index (χ4v) is 11.3. The highest BCUT2D eigenvalue weighted by molar-refractivity contribution is 6.28. The lowest BCUT2D eigenvalue weighted by Crippen LogP contribution is -2.16. The van der Waals surface area contributed by atoms with Crippen molar-refractivity contribution in [3.8, 4) is 39.1 Å². The van der Waals surface area contributed by atoms with Gasteiger partial charge in [-0.1, -0.05) is 155 Å². The first-order valence-electron chi connectivity index (χ1n) is 22.1. The molecule has 3 heteroatoms. The van der Waals surface area contributed by atoms with Crippen LogP contribution < -0.4 is 4.90 Å². The van der Waals surface area contributed by atoms with Gasteiger partial charge in [0.1, 0.15) is 11.2 Å². The van der Waals surface area contributed by atoms with Crippen molar-refractivity contribution < 1.29 is 4.42 Å². The van der Waals surface area contributed by atoms with E-state index < -0.39 is 0 Å². The van der Waals surface area contributed by atoms with Crippen LogP contribution in [0.2, 0.25) is 0 Å². The van der Waals surface area contributed by atoms with E-state index >= 15 is 0 Å². The molecule has 0 amide bonds. The van der Waals surface area contributed by atoms with Gasteiger partial charge in [-0.2, -0.15) is 0 Å². The molecule has 2 aliphatic carbocycles. The van der Waals surface area contributed by atoms with E-state index in [0.29, 0.717) is 0 Å². The van der Waals surface area contributed by atoms with Crippen LogP contribution >= 0.6 is 0 Å². The third kappa shape index (κ3) is 5.02. The maximum atomic E-state index is 6.90. The normalized spacial score (nSPS) is 14.3. The topological polar surface area (TPSA) is 21.3 Å². The fraction of sp³-hybridized carbons (Fsp3) is 0.100. The molecule has 0 spiro atoms. The van der Waals surface area contributed by atoms with Crippen LogP contribution in [-0.2, 0) is 10.8 Å². The van der Waals surface area contributed by atoms with Gasteiger partial charge in [0, 0.05) is 50.1 Å². The lowest BCUT2D eigenvalue weighted by atomic mass is 9.81. The van der Waals surface area contributed by atoms with Gasteiger partial charge in [-0.25, -0.2) is 0 Å². The minimum absolute atomic E-state index is 0.0987. The van der Waals surface area contributed by atoms with Gasteiger partial charge in [-0.05, 0) is 116 Å². The van der Waals surface area contributed by atoms with Crippen molar-refractivity contribution in [1.82, 2.24) is 4.57 Å². The van der Waals surface area contributed by atoms with Crippen molar-refractivity contribution in [3.63, 3.8) is 0 Å². The SMILES string of the molecule is CC1(C)c2ccccc2-c2ccc(-c3ccc4c(c3)c3c(N(c5ccccc5)c5ccc6c(c5)C(C)(C)c5ccccc5-6)c5c(cc3n4-c3ccccc3)oc3ccccc35)cc21. The molecule has 0 aliphatic heterocycles. The van der Waals surface area contributed by atoms with Crippen LogP contribution in [0.1, 0.15) is 49.9 Å². The Labute approximate surface area is 367 Å². The van der Waals surface area contributed by atoms with Gasteiger partial charge in [-0.3, -0.25) is 0 Å². The van der Waals surface area contributed by atoms with Crippen LogP contribution in [0.5, 0.6) is 0 Å². The first-order valence-corrected chi connectivity index (χ1v) is 22.1. The molecule has 2 heterocycles. The van der Waals surface area contributed by atoms with Crippen molar-refractivity contribution in [2.45, 2.75) is 38.5 Å². The molecule has 3 nitrogen and oxygen atoms in total. The molecule has 9 aromatic carbocycles. The summed E-state index contributed by atoms with van der Waals surface area (Å²) in [5.41, 5.74) is 21.3. The maximum Gasteiger partial charge on any atom is 0.139 e. The smallest absolute Gasteiger partial charge is 0.139 e. The second kappa shape index (κ2) is 13.0. The zero-order valence-corrected chi connectivity index (χ0v) is 35.8. The van der Waals surface area contributed by atoms with Crippen LogP contribution in [0.4, 0.5) is 17.1 Å². The summed E-state index contributed by atoms with van der Waals surface area (Å²) in [4.78, 5) is 2.50. The first-order chi connectivity index (χ1) is 30.8. The minimum Gasteiger partial charge on any atom is -0.456 e. The van der Waals surface area contributed by atoms with E-state index in [1.165, 1.54) is 66.4 Å². The third-order valence-corrected chi connectivity index (χ3v) is 14.4. The molecule has 0 unspecified atom stereocenters. The Balaban J connectivity index is 1.15. The number of aromatic nitrogens is 1. The summed E-state index contributed by atoms with van der Waals surface area (Å²) in [6, 6.07) is 71.6. The van der Waals surface area contributed by atoms with Crippen molar-refractivity contribution in [3.05, 3.63) is 216 Å². The average Bonchev–Trinajstić information content (AvgIpc) is 4.00. The number of furan rings is 1. The van der Waals surface area contributed by atoms with E-state index in [4.69, 9.17) is 4.42 Å². The second-order valence-corrected chi connectivity index (χ2v) is 18.5. The van der Waals surface area contributed by atoms with Gasteiger partial charge in [0.15, 0.2) is 0 Å². The summed E-state index contributed by atoms with van der Waals surface area (Å²) >= 11 is 0. The zero-order chi connectivity index (χ0) is 42.2. The number of benzene rings is 9. The lowest BCUT2D eigenvalue weighted by molar-refractivity contribution is 0.660. The third-order valence-electron chi connectivity index (χ3n) is 14.4. The average molecular weight is 809 g/mol. The molecular weight excluding hydrogens is 765 g/mol. The first kappa shape index (κ1) is 36.1. The Bertz CT molecular complexity index is 3680. The fourth-order valence-electron chi connectivity index (χ4n) is 11.3. The number of fused-ring (bicyclic) bond motifs is 12. The predicted molar refractivity (Wildman–Crippen MR) is 263 cm³/mol. The van der Waals surface area contributed by atoms with Gasteiger partial charge in [0.25, 0.3) is 0 Å². The molecule has 11 aromatic rings. The van der Waals surface area contributed by atoms with Crippen LogP contribution in [0.3, 0.4) is 0 Å². The molecule has 0 bridgehead atoms. The van der Waals surface area contributed by atoms with E-state index in [0.717, 1.165) is 55.7 Å². The van der Waals surface area contributed by atoms with Crippen LogP contribution in [0.25, 0.3) is 82.8 Å². The van der Waals surface area contributed by atoms with E-state index in [1.54, 1.807) is 0 Å². The number of para-hydroxylation sites is 3. The summed E-state index contributed by atoms with van der Waals surface area (Å²) < 4.78 is 9.33. The van der Waals surface area contributed by atoms with E-state index in [-0.39, 0.29) is 10.8 Å². The van der Waals surface area contributed by atoms with Crippen molar-refractivity contribution in [2.75, 3.05) is 4.90 Å². The second-order valence-electron chi connectivity index (χ2n) is 18.5. The Hall–Kier alpha value is -7.62. The molecular formula is C60H44N2O. The van der Waals surface area contributed by atoms with Crippen molar-refractivity contribution in [2.24, 2.45) is 0 Å². The zero-order valence-electron chi connectivity index (χ0n) is 35.8. The lowest BCUT2D eigenvalue weighted by Gasteiger charge is -2.29. The van der Waals surface area contributed by atoms with E-state index in [2.05, 4.69) is 231 Å². The molecule has 300 valence electrons. The predicted octanol–water partition coefficient (Wildman–Crippen LogP) is 16.4. The van der Waals surface area contributed by atoms with Gasteiger partial charge >= 0.3 is 0 Å². The summed E-state index contributed by atoms with van der Waals surface area (Å²) in [5.74, 6) is 0. The number of anilines is 3. The highest BCUT2D eigenvalue weighted by Crippen LogP contribution is 2.55.